The van der Waals surface area contributed by atoms with Gasteiger partial charge >= 0.3 is 0 Å². The molecule has 16 heavy (non-hydrogen) atoms. The van der Waals surface area contributed by atoms with Gasteiger partial charge < -0.3 is 11.1 Å². The Balaban J connectivity index is 2.54. The van der Waals surface area contributed by atoms with Crippen LogP contribution in [0.5, 0.6) is 0 Å². The first kappa shape index (κ1) is 12.6. The van der Waals surface area contributed by atoms with Gasteiger partial charge in [0.15, 0.2) is 0 Å². The van der Waals surface area contributed by atoms with Crippen molar-refractivity contribution in [1.82, 2.24) is 15.3 Å². The molecular weight excluding hydrogens is 204 g/mol. The van der Waals surface area contributed by atoms with Crippen LogP contribution in [-0.2, 0) is 0 Å². The Labute approximate surface area is 95.5 Å². The maximum atomic E-state index is 11.7. The number of carbonyl (C=O) groups excluding carboxylic acids is 1. The van der Waals surface area contributed by atoms with Crippen molar-refractivity contribution in [3.05, 3.63) is 24.3 Å². The van der Waals surface area contributed by atoms with E-state index >= 15 is 0 Å². The van der Waals surface area contributed by atoms with Gasteiger partial charge in [-0.15, -0.1) is 0 Å². The molecule has 0 spiro atoms. The third kappa shape index (κ3) is 3.27. The Kier molecular flexibility index (Phi) is 4.37. The van der Waals surface area contributed by atoms with Gasteiger partial charge in [-0.05, 0) is 12.8 Å². The van der Waals surface area contributed by atoms with Gasteiger partial charge in [0.05, 0.1) is 5.56 Å². The molecule has 1 heterocycles. The van der Waals surface area contributed by atoms with Gasteiger partial charge in [0.2, 0.25) is 0 Å². The molecule has 3 N–H and O–H groups in total. The topological polar surface area (TPSA) is 80.9 Å². The van der Waals surface area contributed by atoms with Crippen molar-refractivity contribution in [1.29, 1.82) is 0 Å². The van der Waals surface area contributed by atoms with Gasteiger partial charge in [-0.1, -0.05) is 13.8 Å². The predicted molar refractivity (Wildman–Crippen MR) is 61.9 cm³/mol. The third-order valence-electron chi connectivity index (χ3n) is 2.83. The first-order chi connectivity index (χ1) is 7.61. The van der Waals surface area contributed by atoms with E-state index in [0.29, 0.717) is 12.1 Å². The summed E-state index contributed by atoms with van der Waals surface area (Å²) in [7, 11) is 0. The van der Waals surface area contributed by atoms with Crippen molar-refractivity contribution in [2.45, 2.75) is 32.2 Å². The second-order valence-corrected chi connectivity index (χ2v) is 3.88. The number of nitrogens with one attached hydrogen (secondary N) is 1. The molecule has 1 amide bonds. The first-order valence-corrected chi connectivity index (χ1v) is 5.43. The summed E-state index contributed by atoms with van der Waals surface area (Å²) < 4.78 is 0. The molecule has 0 aromatic carbocycles. The summed E-state index contributed by atoms with van der Waals surface area (Å²) in [6.07, 6.45) is 6.02. The van der Waals surface area contributed by atoms with Crippen LogP contribution in [0.3, 0.4) is 0 Å². The lowest BCUT2D eigenvalue weighted by atomic mass is 9.94. The number of amides is 1. The van der Waals surface area contributed by atoms with Crippen molar-refractivity contribution >= 4 is 5.91 Å². The fraction of sp³-hybridized carbons (Fsp3) is 0.545. The SMILES string of the molecule is CCC(N)(CC)CNC(=O)c1cncnc1. The molecule has 0 atom stereocenters. The van der Waals surface area contributed by atoms with Crippen LogP contribution in [0.4, 0.5) is 0 Å². The fourth-order valence-corrected chi connectivity index (χ4v) is 1.27. The van der Waals surface area contributed by atoms with E-state index in [4.69, 9.17) is 5.73 Å². The molecule has 0 unspecified atom stereocenters. The Bertz CT molecular complexity index is 335. The quantitative estimate of drug-likeness (QED) is 0.769. The Morgan fingerprint density at radius 1 is 1.38 bits per heavy atom. The molecule has 0 fully saturated rings. The number of aromatic nitrogens is 2. The van der Waals surface area contributed by atoms with E-state index in [2.05, 4.69) is 15.3 Å². The van der Waals surface area contributed by atoms with Crippen LogP contribution in [0.1, 0.15) is 37.0 Å². The zero-order chi connectivity index (χ0) is 12.0. The van der Waals surface area contributed by atoms with E-state index in [-0.39, 0.29) is 11.4 Å². The van der Waals surface area contributed by atoms with Crippen LogP contribution in [0.25, 0.3) is 0 Å². The van der Waals surface area contributed by atoms with Crippen LogP contribution in [0.15, 0.2) is 18.7 Å². The van der Waals surface area contributed by atoms with Crippen molar-refractivity contribution < 1.29 is 4.79 Å². The molecule has 0 aliphatic heterocycles. The van der Waals surface area contributed by atoms with Crippen LogP contribution in [0.2, 0.25) is 0 Å². The minimum atomic E-state index is -0.328. The number of carbonyl (C=O) groups is 1. The largest absolute Gasteiger partial charge is 0.350 e. The number of rotatable bonds is 5. The second kappa shape index (κ2) is 5.55. The number of hydrogen-bond donors (Lipinski definition) is 2. The number of hydrogen-bond acceptors (Lipinski definition) is 4. The predicted octanol–water partition coefficient (Wildman–Crippen LogP) is 0.724. The van der Waals surface area contributed by atoms with Gasteiger partial charge in [0.25, 0.3) is 5.91 Å². The highest BCUT2D eigenvalue weighted by atomic mass is 16.1. The average molecular weight is 222 g/mol. The maximum absolute atomic E-state index is 11.7. The maximum Gasteiger partial charge on any atom is 0.254 e. The summed E-state index contributed by atoms with van der Waals surface area (Å²) in [5.41, 5.74) is 6.20. The molecule has 1 rings (SSSR count). The van der Waals surface area contributed by atoms with Crippen LogP contribution < -0.4 is 11.1 Å². The lowest BCUT2D eigenvalue weighted by Crippen LogP contribution is -2.49. The van der Waals surface area contributed by atoms with Gasteiger partial charge in [-0.25, -0.2) is 9.97 Å². The van der Waals surface area contributed by atoms with E-state index < -0.39 is 0 Å². The lowest BCUT2D eigenvalue weighted by molar-refractivity contribution is 0.0941. The van der Waals surface area contributed by atoms with Crippen LogP contribution >= 0.6 is 0 Å². The molecule has 0 bridgehead atoms. The van der Waals surface area contributed by atoms with E-state index in [1.807, 2.05) is 13.8 Å². The Morgan fingerprint density at radius 3 is 2.44 bits per heavy atom. The zero-order valence-electron chi connectivity index (χ0n) is 9.73. The fourth-order valence-electron chi connectivity index (χ4n) is 1.27. The second-order valence-electron chi connectivity index (χ2n) is 3.88. The molecule has 5 nitrogen and oxygen atoms in total. The third-order valence-corrected chi connectivity index (χ3v) is 2.83. The van der Waals surface area contributed by atoms with E-state index in [1.165, 1.54) is 18.7 Å². The molecule has 0 aliphatic carbocycles. The van der Waals surface area contributed by atoms with Gasteiger partial charge in [0, 0.05) is 24.5 Å². The van der Waals surface area contributed by atoms with Gasteiger partial charge in [-0.3, -0.25) is 4.79 Å². The van der Waals surface area contributed by atoms with Crippen molar-refractivity contribution in [2.24, 2.45) is 5.73 Å². The molecule has 0 saturated carbocycles. The minimum absolute atomic E-state index is 0.183. The van der Waals surface area contributed by atoms with Crippen molar-refractivity contribution in [3.63, 3.8) is 0 Å². The van der Waals surface area contributed by atoms with Crippen LogP contribution in [0, 0.1) is 0 Å². The molecular formula is C11H18N4O. The summed E-state index contributed by atoms with van der Waals surface area (Å²) in [5, 5.41) is 2.80. The molecule has 1 aromatic rings. The summed E-state index contributed by atoms with van der Waals surface area (Å²) >= 11 is 0. The van der Waals surface area contributed by atoms with E-state index in [0.717, 1.165) is 12.8 Å². The van der Waals surface area contributed by atoms with E-state index in [1.54, 1.807) is 0 Å². The Hall–Kier alpha value is -1.49. The van der Waals surface area contributed by atoms with Gasteiger partial charge in [-0.2, -0.15) is 0 Å². The molecule has 5 heteroatoms. The molecule has 88 valence electrons. The smallest absolute Gasteiger partial charge is 0.254 e. The Morgan fingerprint density at radius 2 is 1.94 bits per heavy atom. The standard InChI is InChI=1S/C11H18N4O/c1-3-11(12,4-2)7-15-10(16)9-5-13-8-14-6-9/h5-6,8H,3-4,7,12H2,1-2H3,(H,15,16). The highest BCUT2D eigenvalue weighted by molar-refractivity contribution is 5.93. The first-order valence-electron chi connectivity index (χ1n) is 5.43. The average Bonchev–Trinajstić information content (AvgIpc) is 2.36. The van der Waals surface area contributed by atoms with Gasteiger partial charge in [0.1, 0.15) is 6.33 Å². The van der Waals surface area contributed by atoms with E-state index in [9.17, 15) is 4.79 Å². The normalized spacial score (nSPS) is 11.2. The number of nitrogens with zero attached hydrogens (tertiary/aromatic N) is 2. The zero-order valence-corrected chi connectivity index (χ0v) is 9.73. The summed E-state index contributed by atoms with van der Waals surface area (Å²) in [5.74, 6) is -0.183. The minimum Gasteiger partial charge on any atom is -0.350 e. The highest BCUT2D eigenvalue weighted by Crippen LogP contribution is 2.09. The van der Waals surface area contributed by atoms with Crippen LogP contribution in [-0.4, -0.2) is 28.0 Å². The summed E-state index contributed by atoms with van der Waals surface area (Å²) in [6, 6.07) is 0. The highest BCUT2D eigenvalue weighted by Gasteiger charge is 2.21. The molecule has 1 aromatic heterocycles. The number of nitrogens with two attached hydrogens (primary N) is 1. The molecule has 0 saturated heterocycles. The monoisotopic (exact) mass is 222 g/mol. The molecule has 0 aliphatic rings. The van der Waals surface area contributed by atoms with Crippen molar-refractivity contribution in [2.75, 3.05) is 6.54 Å². The summed E-state index contributed by atoms with van der Waals surface area (Å²) in [6.45, 7) is 4.50. The summed E-state index contributed by atoms with van der Waals surface area (Å²) in [4.78, 5) is 19.3. The molecule has 0 radical (unpaired) electrons. The van der Waals surface area contributed by atoms with Crippen molar-refractivity contribution in [3.8, 4) is 0 Å². The lowest BCUT2D eigenvalue weighted by Gasteiger charge is -2.26.